The summed E-state index contributed by atoms with van der Waals surface area (Å²) < 4.78 is 86.4. The summed E-state index contributed by atoms with van der Waals surface area (Å²) in [7, 11) is -5.55. The van der Waals surface area contributed by atoms with Gasteiger partial charge in [-0.25, -0.2) is 0 Å². The van der Waals surface area contributed by atoms with Gasteiger partial charge in [-0.15, -0.1) is 0 Å². The van der Waals surface area contributed by atoms with Gasteiger partial charge in [-0.2, -0.15) is 26.3 Å². The number of alkyl halides is 6. The second-order valence-electron chi connectivity index (χ2n) is 4.89. The molecule has 130 valence electrons. The molecule has 0 heterocycles. The van der Waals surface area contributed by atoms with E-state index in [1.165, 1.54) is 6.92 Å². The Balaban J connectivity index is 3.62. The smallest absolute Gasteiger partial charge is 0.319 e. The number of halogens is 6. The molecule has 0 atom stereocenters. The highest BCUT2D eigenvalue weighted by molar-refractivity contribution is 7.70. The molecule has 0 aliphatic carbocycles. The summed E-state index contributed by atoms with van der Waals surface area (Å²) in [6, 6.07) is 1.58. The predicted octanol–water partition coefficient (Wildman–Crippen LogP) is 3.52. The number of rotatable bonds is 4. The van der Waals surface area contributed by atoms with Crippen LogP contribution in [0.25, 0.3) is 0 Å². The molecule has 0 aliphatic rings. The summed E-state index contributed by atoms with van der Waals surface area (Å²) in [5.41, 5.74) is -5.07. The quantitative estimate of drug-likeness (QED) is 0.633. The van der Waals surface area contributed by atoms with Crippen molar-refractivity contribution in [1.29, 1.82) is 0 Å². The molecule has 0 amide bonds. The van der Waals surface area contributed by atoms with E-state index in [-0.39, 0.29) is 5.56 Å². The molecule has 0 saturated carbocycles. The lowest BCUT2D eigenvalue weighted by molar-refractivity contribution is -0.127. The summed E-state index contributed by atoms with van der Waals surface area (Å²) >= 11 is 0. The lowest BCUT2D eigenvalue weighted by Crippen LogP contribution is -2.20. The molecule has 0 unspecified atom stereocenters. The molecule has 0 spiro atoms. The van der Waals surface area contributed by atoms with Crippen molar-refractivity contribution in [2.75, 3.05) is 0 Å². The van der Waals surface area contributed by atoms with Crippen molar-refractivity contribution >= 4 is 13.1 Å². The van der Waals surface area contributed by atoms with Gasteiger partial charge in [0.25, 0.3) is 5.52 Å². The molecule has 4 nitrogen and oxygen atoms in total. The lowest BCUT2D eigenvalue weighted by atomic mass is 9.94. The Bertz CT molecular complexity index is 621. The molecule has 2 N–H and O–H groups in total. The van der Waals surface area contributed by atoms with Gasteiger partial charge < -0.3 is 9.79 Å². The van der Waals surface area contributed by atoms with Crippen LogP contribution < -0.4 is 0 Å². The van der Waals surface area contributed by atoms with Crippen LogP contribution in [-0.4, -0.2) is 27.7 Å². The third kappa shape index (κ3) is 5.96. The summed E-state index contributed by atoms with van der Waals surface area (Å²) in [6.45, 7) is 1.21. The van der Waals surface area contributed by atoms with Crippen molar-refractivity contribution in [3.05, 3.63) is 34.4 Å². The molecule has 0 bridgehead atoms. The highest BCUT2D eigenvalue weighted by Gasteiger charge is 2.38. The van der Waals surface area contributed by atoms with E-state index in [0.29, 0.717) is 0 Å². The Morgan fingerprint density at radius 3 is 1.61 bits per heavy atom. The number of carbonyl (C=O) groups is 1. The average Bonchev–Trinajstić information content (AvgIpc) is 2.21. The SMILES string of the molecule is Cc1cc(CC(F)(F)F)c(C(=O)P(=O)(O)O)c(CC(F)(F)F)c1. The number of hydrogen-bond acceptors (Lipinski definition) is 2. The third-order valence-electron chi connectivity index (χ3n) is 2.71. The van der Waals surface area contributed by atoms with Crippen LogP contribution in [0.2, 0.25) is 0 Å². The standard InChI is InChI=1S/C12H11F6O4P/c1-6-2-7(4-11(13,14)15)9(10(19)23(20,21)22)8(3-6)5-12(16,17)18/h2-3H,4-5H2,1H3,(H2,20,21,22). The fourth-order valence-electron chi connectivity index (χ4n) is 2.07. The van der Waals surface area contributed by atoms with Gasteiger partial charge >= 0.3 is 19.9 Å². The number of hydrogen-bond donors (Lipinski definition) is 2. The second kappa shape index (κ2) is 6.26. The van der Waals surface area contributed by atoms with Crippen molar-refractivity contribution in [3.8, 4) is 0 Å². The number of carbonyl (C=O) groups excluding carboxylic acids is 1. The Labute approximate surface area is 126 Å². The Morgan fingerprint density at radius 2 is 1.35 bits per heavy atom. The van der Waals surface area contributed by atoms with Crippen LogP contribution >= 0.6 is 7.60 Å². The first-order chi connectivity index (χ1) is 10.1. The van der Waals surface area contributed by atoms with Gasteiger partial charge in [0.15, 0.2) is 0 Å². The van der Waals surface area contributed by atoms with E-state index in [4.69, 9.17) is 9.79 Å². The minimum atomic E-state index is -5.55. The molecule has 1 aromatic carbocycles. The summed E-state index contributed by atoms with van der Waals surface area (Å²) in [5.74, 6) is 0. The van der Waals surface area contributed by atoms with Crippen LogP contribution in [0.3, 0.4) is 0 Å². The van der Waals surface area contributed by atoms with Crippen LogP contribution in [0.1, 0.15) is 27.0 Å². The summed E-state index contributed by atoms with van der Waals surface area (Å²) in [6.07, 6.45) is -13.3. The monoisotopic (exact) mass is 364 g/mol. The van der Waals surface area contributed by atoms with Crippen molar-refractivity contribution in [2.45, 2.75) is 32.1 Å². The molecule has 0 radical (unpaired) electrons. The molecule has 11 heteroatoms. The largest absolute Gasteiger partial charge is 0.396 e. The normalized spacial score (nSPS) is 13.3. The van der Waals surface area contributed by atoms with Gasteiger partial charge in [0.2, 0.25) is 0 Å². The van der Waals surface area contributed by atoms with E-state index in [0.717, 1.165) is 12.1 Å². The van der Waals surface area contributed by atoms with Crippen molar-refractivity contribution in [3.63, 3.8) is 0 Å². The average molecular weight is 364 g/mol. The topological polar surface area (TPSA) is 74.6 Å². The van der Waals surface area contributed by atoms with Gasteiger partial charge in [-0.3, -0.25) is 9.36 Å². The maximum absolute atomic E-state index is 12.6. The Hall–Kier alpha value is -1.38. The first kappa shape index (κ1) is 19.7. The molecule has 1 rings (SSSR count). The lowest BCUT2D eigenvalue weighted by Gasteiger charge is -2.18. The predicted molar refractivity (Wildman–Crippen MR) is 67.1 cm³/mol. The van der Waals surface area contributed by atoms with Crippen molar-refractivity contribution < 1.29 is 45.5 Å². The Kier molecular flexibility index (Phi) is 5.35. The molecule has 0 aliphatic heterocycles. The first-order valence-corrected chi connectivity index (χ1v) is 7.58. The van der Waals surface area contributed by atoms with Crippen LogP contribution in [0.15, 0.2) is 12.1 Å². The van der Waals surface area contributed by atoms with Crippen molar-refractivity contribution in [2.24, 2.45) is 0 Å². The molecule has 0 fully saturated rings. The van der Waals surface area contributed by atoms with E-state index in [2.05, 4.69) is 0 Å². The highest BCUT2D eigenvalue weighted by Crippen LogP contribution is 2.43. The zero-order valence-electron chi connectivity index (χ0n) is 11.5. The minimum Gasteiger partial charge on any atom is -0.319 e. The van der Waals surface area contributed by atoms with Crippen LogP contribution in [0, 0.1) is 6.92 Å². The third-order valence-corrected chi connectivity index (χ3v) is 3.46. The van der Waals surface area contributed by atoms with E-state index in [9.17, 15) is 35.7 Å². The molecular formula is C12H11F6O4P. The van der Waals surface area contributed by atoms with E-state index in [1.54, 1.807) is 0 Å². The summed E-state index contributed by atoms with van der Waals surface area (Å²) in [4.78, 5) is 29.4. The van der Waals surface area contributed by atoms with Crippen LogP contribution in [-0.2, 0) is 17.4 Å². The van der Waals surface area contributed by atoms with Gasteiger partial charge in [0.05, 0.1) is 12.8 Å². The fourth-order valence-corrected chi connectivity index (χ4v) is 2.65. The molecule has 0 aromatic heterocycles. The molecular weight excluding hydrogens is 353 g/mol. The van der Waals surface area contributed by atoms with Gasteiger partial charge in [-0.05, 0) is 18.1 Å². The van der Waals surface area contributed by atoms with Crippen molar-refractivity contribution in [1.82, 2.24) is 0 Å². The van der Waals surface area contributed by atoms with Gasteiger partial charge in [0.1, 0.15) is 0 Å². The van der Waals surface area contributed by atoms with Gasteiger partial charge in [-0.1, -0.05) is 17.7 Å². The fraction of sp³-hybridized carbons (Fsp3) is 0.417. The van der Waals surface area contributed by atoms with E-state index >= 15 is 0 Å². The number of aryl methyl sites for hydroxylation is 1. The van der Waals surface area contributed by atoms with Gasteiger partial charge in [0, 0.05) is 5.56 Å². The zero-order chi connectivity index (χ0) is 18.2. The van der Waals surface area contributed by atoms with Crippen LogP contribution in [0.5, 0.6) is 0 Å². The highest BCUT2D eigenvalue weighted by atomic mass is 31.2. The molecule has 0 saturated heterocycles. The molecule has 23 heavy (non-hydrogen) atoms. The Morgan fingerprint density at radius 1 is 1.00 bits per heavy atom. The van der Waals surface area contributed by atoms with Crippen LogP contribution in [0.4, 0.5) is 26.3 Å². The van der Waals surface area contributed by atoms with E-state index in [1.807, 2.05) is 0 Å². The number of benzene rings is 1. The van der Waals surface area contributed by atoms with E-state index < -0.39 is 55.0 Å². The maximum atomic E-state index is 12.6. The maximum Gasteiger partial charge on any atom is 0.396 e. The second-order valence-corrected chi connectivity index (χ2v) is 6.39. The minimum absolute atomic E-state index is 0.00534. The first-order valence-electron chi connectivity index (χ1n) is 5.96. The zero-order valence-corrected chi connectivity index (χ0v) is 12.4. The molecule has 1 aromatic rings. The summed E-state index contributed by atoms with van der Waals surface area (Å²) in [5, 5.41) is 0.